The van der Waals surface area contributed by atoms with Gasteiger partial charge in [0.2, 0.25) is 0 Å². The number of pyridine rings is 1. The Morgan fingerprint density at radius 2 is 2.20 bits per heavy atom. The van der Waals surface area contributed by atoms with Crippen molar-refractivity contribution in [1.29, 1.82) is 0 Å². The Morgan fingerprint density at radius 1 is 1.40 bits per heavy atom. The monoisotopic (exact) mass is 295 g/mol. The van der Waals surface area contributed by atoms with Crippen LogP contribution in [0.15, 0.2) is 36.5 Å². The van der Waals surface area contributed by atoms with Gasteiger partial charge in [-0.1, -0.05) is 11.6 Å². The largest absolute Gasteiger partial charge is 0.412 e. The molecule has 0 fully saturated rings. The van der Waals surface area contributed by atoms with E-state index < -0.39 is 11.9 Å². The first kappa shape index (κ1) is 14.1. The molecule has 1 amide bonds. The minimum Gasteiger partial charge on any atom is -0.408 e. The van der Waals surface area contributed by atoms with Crippen molar-refractivity contribution in [3.63, 3.8) is 0 Å². The van der Waals surface area contributed by atoms with E-state index in [1.807, 2.05) is 0 Å². The van der Waals surface area contributed by atoms with E-state index in [1.165, 1.54) is 19.2 Å². The first-order valence-corrected chi connectivity index (χ1v) is 6.04. The molecule has 0 aliphatic heterocycles. The molecule has 0 aliphatic rings. The Kier molecular flexibility index (Phi) is 4.37. The van der Waals surface area contributed by atoms with Crippen LogP contribution in [0.5, 0.6) is 5.75 Å². The number of aromatic nitrogens is 1. The van der Waals surface area contributed by atoms with Crippen molar-refractivity contribution < 1.29 is 13.9 Å². The van der Waals surface area contributed by atoms with E-state index in [4.69, 9.17) is 16.3 Å². The molecule has 2 N–H and O–H groups in total. The number of benzene rings is 1. The fourth-order valence-electron chi connectivity index (χ4n) is 1.44. The highest BCUT2D eigenvalue weighted by molar-refractivity contribution is 6.33. The van der Waals surface area contributed by atoms with Crippen LogP contribution in [0, 0.1) is 5.82 Å². The molecule has 1 aromatic heterocycles. The molecule has 0 bridgehead atoms. The van der Waals surface area contributed by atoms with Gasteiger partial charge < -0.3 is 15.4 Å². The minimum absolute atomic E-state index is 0.0334. The maximum atomic E-state index is 13.2. The maximum Gasteiger partial charge on any atom is 0.412 e. The highest BCUT2D eigenvalue weighted by Gasteiger charge is 2.11. The molecule has 0 radical (unpaired) electrons. The van der Waals surface area contributed by atoms with Crippen LogP contribution in [0.3, 0.4) is 0 Å². The van der Waals surface area contributed by atoms with Crippen molar-refractivity contribution in [2.75, 3.05) is 12.4 Å². The lowest BCUT2D eigenvalue weighted by Crippen LogP contribution is -2.22. The standard InChI is InChI=1S/C13H11ClFN3O2/c1-16-13(19)20-11-7-8(15)4-5-10(11)18-12-9(14)3-2-6-17-12/h2-7H,1H3,(H,16,19)(H,17,18). The third-order valence-corrected chi connectivity index (χ3v) is 2.67. The lowest BCUT2D eigenvalue weighted by atomic mass is 10.2. The van der Waals surface area contributed by atoms with Crippen LogP contribution in [0.4, 0.5) is 20.7 Å². The van der Waals surface area contributed by atoms with Crippen molar-refractivity contribution in [1.82, 2.24) is 10.3 Å². The van der Waals surface area contributed by atoms with E-state index in [0.29, 0.717) is 16.5 Å². The molecule has 0 aliphatic carbocycles. The van der Waals surface area contributed by atoms with Crippen LogP contribution < -0.4 is 15.4 Å². The number of nitrogens with zero attached hydrogens (tertiary/aromatic N) is 1. The van der Waals surface area contributed by atoms with E-state index in [0.717, 1.165) is 6.07 Å². The third-order valence-electron chi connectivity index (χ3n) is 2.36. The Balaban J connectivity index is 2.31. The SMILES string of the molecule is CNC(=O)Oc1cc(F)ccc1Nc1ncccc1Cl. The van der Waals surface area contributed by atoms with Crippen LogP contribution in [0.25, 0.3) is 0 Å². The van der Waals surface area contributed by atoms with E-state index in [2.05, 4.69) is 15.6 Å². The van der Waals surface area contributed by atoms with Crippen LogP contribution in [-0.4, -0.2) is 18.1 Å². The number of halogens is 2. The van der Waals surface area contributed by atoms with Crippen LogP contribution >= 0.6 is 11.6 Å². The lowest BCUT2D eigenvalue weighted by Gasteiger charge is -2.12. The van der Waals surface area contributed by atoms with E-state index in [-0.39, 0.29) is 5.75 Å². The highest BCUT2D eigenvalue weighted by Crippen LogP contribution is 2.30. The quantitative estimate of drug-likeness (QED) is 0.911. The summed E-state index contributed by atoms with van der Waals surface area (Å²) in [5.41, 5.74) is 0.371. The Hall–Kier alpha value is -2.34. The molecule has 1 heterocycles. The van der Waals surface area contributed by atoms with Gasteiger partial charge in [-0.3, -0.25) is 0 Å². The van der Waals surface area contributed by atoms with Crippen molar-refractivity contribution in [2.24, 2.45) is 0 Å². The Bertz CT molecular complexity index is 637. The topological polar surface area (TPSA) is 63.2 Å². The van der Waals surface area contributed by atoms with E-state index >= 15 is 0 Å². The highest BCUT2D eigenvalue weighted by atomic mass is 35.5. The predicted octanol–water partition coefficient (Wildman–Crippen LogP) is 3.34. The molecule has 1 aromatic carbocycles. The molecule has 7 heteroatoms. The van der Waals surface area contributed by atoms with Crippen molar-refractivity contribution >= 4 is 29.2 Å². The molecule has 0 atom stereocenters. The second kappa shape index (κ2) is 6.21. The molecule has 2 aromatic rings. The molecular formula is C13H11ClFN3O2. The van der Waals surface area contributed by atoms with Crippen molar-refractivity contribution in [3.8, 4) is 5.75 Å². The number of carbonyl (C=O) groups is 1. The number of rotatable bonds is 3. The summed E-state index contributed by atoms with van der Waals surface area (Å²) in [6, 6.07) is 7.09. The van der Waals surface area contributed by atoms with Crippen molar-refractivity contribution in [3.05, 3.63) is 47.4 Å². The number of hydrogen-bond donors (Lipinski definition) is 2. The summed E-state index contributed by atoms with van der Waals surface area (Å²) in [7, 11) is 1.41. The summed E-state index contributed by atoms with van der Waals surface area (Å²) in [5.74, 6) is -0.116. The molecule has 20 heavy (non-hydrogen) atoms. The van der Waals surface area contributed by atoms with E-state index in [1.54, 1.807) is 18.3 Å². The van der Waals surface area contributed by atoms with Gasteiger partial charge in [0, 0.05) is 19.3 Å². The molecule has 0 spiro atoms. The molecule has 0 unspecified atom stereocenters. The predicted molar refractivity (Wildman–Crippen MR) is 74.0 cm³/mol. The van der Waals surface area contributed by atoms with Crippen LogP contribution in [-0.2, 0) is 0 Å². The number of ether oxygens (including phenoxy) is 1. The van der Waals surface area contributed by atoms with Gasteiger partial charge in [0.25, 0.3) is 0 Å². The van der Waals surface area contributed by atoms with Crippen LogP contribution in [0.1, 0.15) is 0 Å². The maximum absolute atomic E-state index is 13.2. The van der Waals surface area contributed by atoms with Gasteiger partial charge >= 0.3 is 6.09 Å². The number of hydrogen-bond acceptors (Lipinski definition) is 4. The fourth-order valence-corrected chi connectivity index (χ4v) is 1.61. The first-order valence-electron chi connectivity index (χ1n) is 5.67. The Labute approximate surface area is 119 Å². The van der Waals surface area contributed by atoms with Crippen LogP contribution in [0.2, 0.25) is 5.02 Å². The second-order valence-corrected chi connectivity index (χ2v) is 4.15. The van der Waals surface area contributed by atoms with Gasteiger partial charge in [0.1, 0.15) is 11.6 Å². The smallest absolute Gasteiger partial charge is 0.408 e. The number of anilines is 2. The molecule has 5 nitrogen and oxygen atoms in total. The van der Waals surface area contributed by atoms with Gasteiger partial charge in [-0.05, 0) is 24.3 Å². The van der Waals surface area contributed by atoms with E-state index in [9.17, 15) is 9.18 Å². The zero-order chi connectivity index (χ0) is 14.5. The Morgan fingerprint density at radius 3 is 2.90 bits per heavy atom. The van der Waals surface area contributed by atoms with Gasteiger partial charge in [0.15, 0.2) is 5.75 Å². The molecule has 104 valence electrons. The summed E-state index contributed by atoms with van der Waals surface area (Å²) in [6.45, 7) is 0. The summed E-state index contributed by atoms with van der Waals surface area (Å²) < 4.78 is 18.2. The summed E-state index contributed by atoms with van der Waals surface area (Å²) in [4.78, 5) is 15.3. The van der Waals surface area contributed by atoms with Gasteiger partial charge in [0.05, 0.1) is 10.7 Å². The molecule has 0 saturated carbocycles. The zero-order valence-electron chi connectivity index (χ0n) is 10.5. The average Bonchev–Trinajstić information content (AvgIpc) is 2.44. The summed E-state index contributed by atoms with van der Waals surface area (Å²) >= 11 is 5.97. The number of nitrogens with one attached hydrogen (secondary N) is 2. The molecule has 0 saturated heterocycles. The number of carbonyl (C=O) groups excluding carboxylic acids is 1. The third kappa shape index (κ3) is 3.36. The number of amides is 1. The summed E-state index contributed by atoms with van der Waals surface area (Å²) in [5, 5.41) is 5.56. The first-order chi connectivity index (χ1) is 9.60. The lowest BCUT2D eigenvalue weighted by molar-refractivity contribution is 0.203. The fraction of sp³-hybridized carbons (Fsp3) is 0.0769. The van der Waals surface area contributed by atoms with Gasteiger partial charge in [-0.15, -0.1) is 0 Å². The summed E-state index contributed by atoms with van der Waals surface area (Å²) in [6.07, 6.45) is 0.850. The average molecular weight is 296 g/mol. The normalized spacial score (nSPS) is 9.95. The molecular weight excluding hydrogens is 285 g/mol. The molecule has 2 rings (SSSR count). The zero-order valence-corrected chi connectivity index (χ0v) is 11.2. The van der Waals surface area contributed by atoms with Gasteiger partial charge in [-0.2, -0.15) is 0 Å². The van der Waals surface area contributed by atoms with Crippen molar-refractivity contribution in [2.45, 2.75) is 0 Å². The minimum atomic E-state index is -0.703. The van der Waals surface area contributed by atoms with Gasteiger partial charge in [-0.25, -0.2) is 14.2 Å². The second-order valence-electron chi connectivity index (χ2n) is 3.74.